The van der Waals surface area contributed by atoms with E-state index in [1.807, 2.05) is 26.0 Å². The van der Waals surface area contributed by atoms with Crippen molar-refractivity contribution in [3.63, 3.8) is 0 Å². The van der Waals surface area contributed by atoms with Crippen molar-refractivity contribution in [1.29, 1.82) is 0 Å². The second kappa shape index (κ2) is 11.7. The Morgan fingerprint density at radius 1 is 1.29 bits per heavy atom. The molecule has 0 radical (unpaired) electrons. The predicted octanol–water partition coefficient (Wildman–Crippen LogP) is 5.36. The fraction of sp³-hybridized carbons (Fsp3) is 0.385. The zero-order chi connectivity index (χ0) is 24.7. The topological polar surface area (TPSA) is 80.2 Å². The van der Waals surface area contributed by atoms with Gasteiger partial charge in [0.15, 0.2) is 11.6 Å². The van der Waals surface area contributed by atoms with Gasteiger partial charge in [-0.05, 0) is 42.3 Å². The normalized spacial score (nSPS) is 19.5. The Labute approximate surface area is 210 Å². The Morgan fingerprint density at radius 3 is 2.65 bits per heavy atom. The van der Waals surface area contributed by atoms with E-state index in [1.54, 1.807) is 36.4 Å². The number of benzene rings is 2. The van der Waals surface area contributed by atoms with Gasteiger partial charge in [-0.15, -0.1) is 6.58 Å². The number of carbonyl (C=O) groups is 1. The second-order valence-corrected chi connectivity index (χ2v) is 9.40. The standard InChI is InChI=1S/C26H30Cl2N2O4/c1-4-12-26(25(32)29-16-17(2)3)23(21-11-8-19(27)15-22(21)28)34-24(30-26)18-6-9-20(10-7-18)33-14-5-13-31/h4,6-11,15,17,23,31H,1,5,12-14,16H2,2-3H3,(H,29,32)/t23-,26-/m1/s1. The molecule has 0 aliphatic carbocycles. The maximum atomic E-state index is 13.5. The molecule has 2 aromatic carbocycles. The number of nitrogens with zero attached hydrogens (tertiary/aromatic N) is 1. The molecule has 2 atom stereocenters. The molecule has 1 aliphatic heterocycles. The molecule has 8 heteroatoms. The van der Waals surface area contributed by atoms with Gasteiger partial charge in [0.2, 0.25) is 5.90 Å². The summed E-state index contributed by atoms with van der Waals surface area (Å²) in [6.07, 6.45) is 1.71. The van der Waals surface area contributed by atoms with Crippen molar-refractivity contribution < 1.29 is 19.4 Å². The van der Waals surface area contributed by atoms with Gasteiger partial charge in [0, 0.05) is 47.2 Å². The van der Waals surface area contributed by atoms with E-state index in [4.69, 9.17) is 42.8 Å². The highest BCUT2D eigenvalue weighted by atomic mass is 35.5. The van der Waals surface area contributed by atoms with Gasteiger partial charge < -0.3 is 19.9 Å². The van der Waals surface area contributed by atoms with Crippen LogP contribution in [0, 0.1) is 5.92 Å². The molecule has 1 amide bonds. The molecule has 0 saturated heterocycles. The number of aliphatic hydroxyl groups is 1. The number of hydrogen-bond acceptors (Lipinski definition) is 5. The lowest BCUT2D eigenvalue weighted by Crippen LogP contribution is -2.49. The van der Waals surface area contributed by atoms with E-state index < -0.39 is 11.6 Å². The van der Waals surface area contributed by atoms with Crippen molar-refractivity contribution in [1.82, 2.24) is 5.32 Å². The number of amides is 1. The highest BCUT2D eigenvalue weighted by molar-refractivity contribution is 6.35. The molecule has 3 rings (SSSR count). The van der Waals surface area contributed by atoms with Crippen LogP contribution in [0.4, 0.5) is 0 Å². The van der Waals surface area contributed by atoms with Crippen LogP contribution in [0.25, 0.3) is 0 Å². The summed E-state index contributed by atoms with van der Waals surface area (Å²) in [6, 6.07) is 12.4. The van der Waals surface area contributed by atoms with E-state index >= 15 is 0 Å². The van der Waals surface area contributed by atoms with E-state index in [0.29, 0.717) is 52.4 Å². The van der Waals surface area contributed by atoms with Crippen LogP contribution in [0.1, 0.15) is 43.9 Å². The Balaban J connectivity index is 2.00. The largest absolute Gasteiger partial charge is 0.494 e. The molecule has 0 spiro atoms. The molecule has 0 unspecified atom stereocenters. The van der Waals surface area contributed by atoms with Crippen LogP contribution in [0.2, 0.25) is 10.0 Å². The van der Waals surface area contributed by atoms with Crippen LogP contribution in [0.5, 0.6) is 5.75 Å². The van der Waals surface area contributed by atoms with Crippen molar-refractivity contribution >= 4 is 35.0 Å². The third-order valence-corrected chi connectivity index (χ3v) is 5.96. The van der Waals surface area contributed by atoms with Gasteiger partial charge in [0.1, 0.15) is 5.75 Å². The summed E-state index contributed by atoms with van der Waals surface area (Å²) in [4.78, 5) is 18.4. The number of ether oxygens (including phenoxy) is 2. The monoisotopic (exact) mass is 504 g/mol. The van der Waals surface area contributed by atoms with Crippen LogP contribution in [-0.4, -0.2) is 42.2 Å². The molecular formula is C26H30Cl2N2O4. The van der Waals surface area contributed by atoms with Crippen molar-refractivity contribution in [3.05, 3.63) is 76.3 Å². The zero-order valence-electron chi connectivity index (χ0n) is 19.4. The van der Waals surface area contributed by atoms with Gasteiger partial charge >= 0.3 is 0 Å². The number of rotatable bonds is 11. The lowest BCUT2D eigenvalue weighted by atomic mass is 9.84. The summed E-state index contributed by atoms with van der Waals surface area (Å²) in [5.41, 5.74) is 0.0437. The Bertz CT molecular complexity index is 1040. The van der Waals surface area contributed by atoms with Crippen molar-refractivity contribution in [2.45, 2.75) is 38.3 Å². The Morgan fingerprint density at radius 2 is 2.03 bits per heavy atom. The molecule has 0 bridgehead atoms. The number of aliphatic imine (C=N–C) groups is 1. The summed E-state index contributed by atoms with van der Waals surface area (Å²) >= 11 is 12.6. The van der Waals surface area contributed by atoms with Crippen molar-refractivity contribution in [2.75, 3.05) is 19.8 Å². The van der Waals surface area contributed by atoms with E-state index in [9.17, 15) is 4.79 Å². The van der Waals surface area contributed by atoms with E-state index in [2.05, 4.69) is 11.9 Å². The smallest absolute Gasteiger partial charge is 0.252 e. The number of hydrogen-bond donors (Lipinski definition) is 2. The summed E-state index contributed by atoms with van der Waals surface area (Å²) in [5.74, 6) is 1.02. The first-order valence-electron chi connectivity index (χ1n) is 11.3. The Hall–Kier alpha value is -2.54. The van der Waals surface area contributed by atoms with Gasteiger partial charge in [0.05, 0.1) is 6.61 Å². The minimum absolute atomic E-state index is 0.0711. The van der Waals surface area contributed by atoms with E-state index in [1.165, 1.54) is 0 Å². The van der Waals surface area contributed by atoms with Crippen LogP contribution in [-0.2, 0) is 9.53 Å². The lowest BCUT2D eigenvalue weighted by Gasteiger charge is -2.30. The molecule has 1 heterocycles. The Kier molecular flexibility index (Phi) is 9.00. The highest BCUT2D eigenvalue weighted by Crippen LogP contribution is 2.45. The molecular weight excluding hydrogens is 475 g/mol. The first-order chi connectivity index (χ1) is 16.3. The molecule has 34 heavy (non-hydrogen) atoms. The summed E-state index contributed by atoms with van der Waals surface area (Å²) in [5, 5.41) is 12.8. The van der Waals surface area contributed by atoms with Gasteiger partial charge in [-0.2, -0.15) is 0 Å². The van der Waals surface area contributed by atoms with E-state index in [-0.39, 0.29) is 24.9 Å². The van der Waals surface area contributed by atoms with Crippen LogP contribution in [0.3, 0.4) is 0 Å². The third kappa shape index (κ3) is 5.93. The van der Waals surface area contributed by atoms with Gasteiger partial charge in [0.25, 0.3) is 5.91 Å². The summed E-state index contributed by atoms with van der Waals surface area (Å²) in [6.45, 7) is 8.91. The fourth-order valence-electron chi connectivity index (χ4n) is 3.68. The molecule has 0 fully saturated rings. The average molecular weight is 505 g/mol. The lowest BCUT2D eigenvalue weighted by molar-refractivity contribution is -0.129. The van der Waals surface area contributed by atoms with Gasteiger partial charge in [-0.25, -0.2) is 4.99 Å². The molecule has 1 aliphatic rings. The minimum Gasteiger partial charge on any atom is -0.494 e. The van der Waals surface area contributed by atoms with Crippen LogP contribution >= 0.6 is 23.2 Å². The molecule has 182 valence electrons. The maximum Gasteiger partial charge on any atom is 0.252 e. The minimum atomic E-state index is -1.28. The number of nitrogens with one attached hydrogen (secondary N) is 1. The maximum absolute atomic E-state index is 13.5. The molecule has 0 aromatic heterocycles. The average Bonchev–Trinajstić information content (AvgIpc) is 3.18. The number of halogens is 2. The highest BCUT2D eigenvalue weighted by Gasteiger charge is 2.53. The van der Waals surface area contributed by atoms with Gasteiger partial charge in [-0.3, -0.25) is 4.79 Å². The molecule has 6 nitrogen and oxygen atoms in total. The number of carbonyl (C=O) groups excluding carboxylic acids is 1. The molecule has 0 saturated carbocycles. The molecule has 2 aromatic rings. The quantitative estimate of drug-likeness (QED) is 0.318. The SMILES string of the molecule is C=CC[C@@]1(C(=O)NCC(C)C)N=C(c2ccc(OCCCO)cc2)O[C@@H]1c1ccc(Cl)cc1Cl. The van der Waals surface area contributed by atoms with Crippen molar-refractivity contribution in [3.8, 4) is 5.75 Å². The van der Waals surface area contributed by atoms with E-state index in [0.717, 1.165) is 0 Å². The van der Waals surface area contributed by atoms with Gasteiger partial charge in [-0.1, -0.05) is 49.2 Å². The van der Waals surface area contributed by atoms with Crippen molar-refractivity contribution in [2.24, 2.45) is 10.9 Å². The van der Waals surface area contributed by atoms with Crippen LogP contribution < -0.4 is 10.1 Å². The molecule has 2 N–H and O–H groups in total. The first-order valence-corrected chi connectivity index (χ1v) is 12.0. The second-order valence-electron chi connectivity index (χ2n) is 8.55. The summed E-state index contributed by atoms with van der Waals surface area (Å²) < 4.78 is 11.9. The zero-order valence-corrected chi connectivity index (χ0v) is 20.9. The first kappa shape index (κ1) is 26.1. The fourth-order valence-corrected chi connectivity index (χ4v) is 4.18. The number of aliphatic hydroxyl groups excluding tert-OH is 1. The predicted molar refractivity (Wildman–Crippen MR) is 136 cm³/mol. The third-order valence-electron chi connectivity index (χ3n) is 5.40. The van der Waals surface area contributed by atoms with Crippen LogP contribution in [0.15, 0.2) is 60.1 Å². The summed E-state index contributed by atoms with van der Waals surface area (Å²) in [7, 11) is 0.